The van der Waals surface area contributed by atoms with Crippen molar-refractivity contribution < 1.29 is 19.4 Å². The van der Waals surface area contributed by atoms with Crippen molar-refractivity contribution in [2.75, 3.05) is 19.7 Å². The number of likely N-dealkylation sites (tertiary alicyclic amines) is 1. The number of carbonyl (C=O) groups is 2. The summed E-state index contributed by atoms with van der Waals surface area (Å²) in [5.41, 5.74) is 1.64. The molecule has 0 aromatic carbocycles. The third-order valence-electron chi connectivity index (χ3n) is 2.75. The number of ether oxygens (including phenoxy) is 1. The Morgan fingerprint density at radius 2 is 1.94 bits per heavy atom. The van der Waals surface area contributed by atoms with E-state index in [0.29, 0.717) is 38.1 Å². The molecular formula is C11H17NO4. The minimum Gasteiger partial charge on any atom is -0.465 e. The van der Waals surface area contributed by atoms with Crippen molar-refractivity contribution in [3.05, 3.63) is 11.1 Å². The van der Waals surface area contributed by atoms with Crippen molar-refractivity contribution >= 4 is 12.1 Å². The number of nitrogens with zero attached hydrogens (tertiary/aromatic N) is 1. The van der Waals surface area contributed by atoms with Gasteiger partial charge in [0, 0.05) is 18.7 Å². The van der Waals surface area contributed by atoms with Gasteiger partial charge < -0.3 is 14.7 Å². The van der Waals surface area contributed by atoms with E-state index in [1.165, 1.54) is 4.90 Å². The number of hydrogen-bond donors (Lipinski definition) is 1. The van der Waals surface area contributed by atoms with Crippen LogP contribution < -0.4 is 0 Å². The van der Waals surface area contributed by atoms with Crippen LogP contribution in [0.15, 0.2) is 11.1 Å². The monoisotopic (exact) mass is 227 g/mol. The number of carboxylic acid groups (broad SMARTS) is 1. The van der Waals surface area contributed by atoms with E-state index < -0.39 is 6.09 Å². The molecular weight excluding hydrogens is 210 g/mol. The fourth-order valence-corrected chi connectivity index (χ4v) is 1.73. The van der Waals surface area contributed by atoms with Gasteiger partial charge in [0.15, 0.2) is 0 Å². The van der Waals surface area contributed by atoms with Crippen LogP contribution in [0.4, 0.5) is 4.79 Å². The molecule has 1 N–H and O–H groups in total. The highest BCUT2D eigenvalue weighted by atomic mass is 16.5. The van der Waals surface area contributed by atoms with Crippen LogP contribution in [0.25, 0.3) is 0 Å². The molecule has 1 amide bonds. The van der Waals surface area contributed by atoms with Gasteiger partial charge in [-0.1, -0.05) is 5.57 Å². The van der Waals surface area contributed by atoms with Gasteiger partial charge in [0.2, 0.25) is 0 Å². The van der Waals surface area contributed by atoms with E-state index in [0.717, 1.165) is 5.57 Å². The molecule has 1 fully saturated rings. The molecule has 1 heterocycles. The highest BCUT2D eigenvalue weighted by Gasteiger charge is 2.21. The predicted molar refractivity (Wildman–Crippen MR) is 58.2 cm³/mol. The van der Waals surface area contributed by atoms with Gasteiger partial charge in [-0.3, -0.25) is 0 Å². The number of piperidine rings is 1. The first kappa shape index (κ1) is 12.5. The second-order valence-electron chi connectivity index (χ2n) is 3.72. The van der Waals surface area contributed by atoms with Crippen LogP contribution in [-0.2, 0) is 9.53 Å². The topological polar surface area (TPSA) is 66.8 Å². The van der Waals surface area contributed by atoms with Crippen LogP contribution in [0, 0.1) is 0 Å². The zero-order valence-electron chi connectivity index (χ0n) is 9.65. The predicted octanol–water partition coefficient (Wildman–Crippen LogP) is 1.64. The summed E-state index contributed by atoms with van der Waals surface area (Å²) < 4.78 is 4.90. The van der Waals surface area contributed by atoms with E-state index in [4.69, 9.17) is 9.84 Å². The van der Waals surface area contributed by atoms with Gasteiger partial charge >= 0.3 is 12.1 Å². The maximum atomic E-state index is 11.4. The molecule has 1 rings (SSSR count). The highest BCUT2D eigenvalue weighted by Crippen LogP contribution is 2.20. The molecule has 1 saturated heterocycles. The van der Waals surface area contributed by atoms with E-state index >= 15 is 0 Å². The maximum absolute atomic E-state index is 11.4. The van der Waals surface area contributed by atoms with Crippen molar-refractivity contribution in [2.24, 2.45) is 0 Å². The van der Waals surface area contributed by atoms with Crippen molar-refractivity contribution in [3.63, 3.8) is 0 Å². The van der Waals surface area contributed by atoms with Crippen LogP contribution >= 0.6 is 0 Å². The Balaban J connectivity index is 2.60. The van der Waals surface area contributed by atoms with Gasteiger partial charge in [0.1, 0.15) is 0 Å². The number of carbonyl (C=O) groups excluding carboxylic acids is 1. The second-order valence-corrected chi connectivity index (χ2v) is 3.72. The Hall–Kier alpha value is -1.52. The first-order chi connectivity index (χ1) is 7.56. The summed E-state index contributed by atoms with van der Waals surface area (Å²) >= 11 is 0. The number of amides is 1. The SMILES string of the molecule is CCOC(=O)C(C)=C1CCN(C(=O)O)CC1. The third-order valence-corrected chi connectivity index (χ3v) is 2.75. The van der Waals surface area contributed by atoms with Crippen molar-refractivity contribution in [3.8, 4) is 0 Å². The Kier molecular flexibility index (Phi) is 4.34. The van der Waals surface area contributed by atoms with Gasteiger partial charge in [0.25, 0.3) is 0 Å². The average molecular weight is 227 g/mol. The molecule has 1 aliphatic heterocycles. The van der Waals surface area contributed by atoms with Gasteiger partial charge in [-0.25, -0.2) is 9.59 Å². The lowest BCUT2D eigenvalue weighted by molar-refractivity contribution is -0.138. The van der Waals surface area contributed by atoms with E-state index in [1.807, 2.05) is 0 Å². The molecule has 5 heteroatoms. The zero-order valence-corrected chi connectivity index (χ0v) is 9.65. The molecule has 16 heavy (non-hydrogen) atoms. The number of hydrogen-bond acceptors (Lipinski definition) is 3. The van der Waals surface area contributed by atoms with E-state index in [9.17, 15) is 9.59 Å². The van der Waals surface area contributed by atoms with Crippen molar-refractivity contribution in [1.29, 1.82) is 0 Å². The van der Waals surface area contributed by atoms with Crippen LogP contribution in [0.2, 0.25) is 0 Å². The molecule has 0 aromatic heterocycles. The summed E-state index contributed by atoms with van der Waals surface area (Å²) in [4.78, 5) is 23.5. The molecule has 0 unspecified atom stereocenters. The van der Waals surface area contributed by atoms with Crippen LogP contribution in [0.5, 0.6) is 0 Å². The Morgan fingerprint density at radius 1 is 1.38 bits per heavy atom. The normalized spacial score (nSPS) is 15.9. The van der Waals surface area contributed by atoms with Crippen LogP contribution in [-0.4, -0.2) is 41.8 Å². The minimum absolute atomic E-state index is 0.290. The van der Waals surface area contributed by atoms with E-state index in [2.05, 4.69) is 0 Å². The number of esters is 1. The standard InChI is InChI=1S/C11H17NO4/c1-3-16-10(13)8(2)9-4-6-12(7-5-9)11(14)15/h3-7H2,1-2H3,(H,14,15). The lowest BCUT2D eigenvalue weighted by atomic mass is 9.99. The average Bonchev–Trinajstić information content (AvgIpc) is 2.28. The summed E-state index contributed by atoms with van der Waals surface area (Å²) in [5, 5.41) is 8.77. The molecule has 0 bridgehead atoms. The summed E-state index contributed by atoms with van der Waals surface area (Å²) in [6.07, 6.45) is 0.348. The fourth-order valence-electron chi connectivity index (χ4n) is 1.73. The van der Waals surface area contributed by atoms with Gasteiger partial charge in [-0.05, 0) is 26.7 Å². The van der Waals surface area contributed by atoms with Gasteiger partial charge in [-0.2, -0.15) is 0 Å². The van der Waals surface area contributed by atoms with Crippen molar-refractivity contribution in [1.82, 2.24) is 4.90 Å². The molecule has 0 aromatic rings. The molecule has 1 aliphatic rings. The minimum atomic E-state index is -0.896. The molecule has 0 saturated carbocycles. The Labute approximate surface area is 94.7 Å². The second kappa shape index (κ2) is 5.53. The summed E-state index contributed by atoms with van der Waals surface area (Å²) in [7, 11) is 0. The molecule has 0 spiro atoms. The highest BCUT2D eigenvalue weighted by molar-refractivity contribution is 5.88. The summed E-state index contributed by atoms with van der Waals surface area (Å²) in [5.74, 6) is -0.290. The zero-order chi connectivity index (χ0) is 12.1. The van der Waals surface area contributed by atoms with Crippen molar-refractivity contribution in [2.45, 2.75) is 26.7 Å². The lowest BCUT2D eigenvalue weighted by Crippen LogP contribution is -2.35. The Bertz CT molecular complexity index is 312. The maximum Gasteiger partial charge on any atom is 0.407 e. The molecule has 0 radical (unpaired) electrons. The first-order valence-corrected chi connectivity index (χ1v) is 5.39. The molecule has 5 nitrogen and oxygen atoms in total. The van der Waals surface area contributed by atoms with Gasteiger partial charge in [-0.15, -0.1) is 0 Å². The van der Waals surface area contributed by atoms with Crippen LogP contribution in [0.1, 0.15) is 26.7 Å². The quantitative estimate of drug-likeness (QED) is 0.575. The largest absolute Gasteiger partial charge is 0.465 e. The first-order valence-electron chi connectivity index (χ1n) is 5.39. The summed E-state index contributed by atoms with van der Waals surface area (Å²) in [6, 6.07) is 0. The van der Waals surface area contributed by atoms with Gasteiger partial charge in [0.05, 0.1) is 6.61 Å². The fraction of sp³-hybridized carbons (Fsp3) is 0.636. The number of rotatable bonds is 2. The smallest absolute Gasteiger partial charge is 0.407 e. The lowest BCUT2D eigenvalue weighted by Gasteiger charge is -2.26. The summed E-state index contributed by atoms with van der Waals surface area (Å²) in [6.45, 7) is 4.79. The molecule has 0 aliphatic carbocycles. The third kappa shape index (κ3) is 2.98. The molecule has 0 atom stereocenters. The van der Waals surface area contributed by atoms with E-state index in [1.54, 1.807) is 13.8 Å². The Morgan fingerprint density at radius 3 is 2.38 bits per heavy atom. The van der Waals surface area contributed by atoms with E-state index in [-0.39, 0.29) is 5.97 Å². The van der Waals surface area contributed by atoms with Crippen LogP contribution in [0.3, 0.4) is 0 Å². The molecule has 90 valence electrons.